The third-order valence-electron chi connectivity index (χ3n) is 25.5. The number of nitrogens with one attached hydrogen (secondary N) is 4. The van der Waals surface area contributed by atoms with Crippen LogP contribution in [0.25, 0.3) is 0 Å². The number of hydrogen-bond donors (Lipinski definition) is 4. The molecule has 4 N–H and O–H groups in total. The maximum absolute atomic E-state index is 14.2. The van der Waals surface area contributed by atoms with Gasteiger partial charge in [-0.05, 0) is 325 Å². The van der Waals surface area contributed by atoms with Crippen LogP contribution in [0.5, 0.6) is 28.7 Å². The molecule has 21 heteroatoms. The van der Waals surface area contributed by atoms with Crippen LogP contribution in [0.15, 0.2) is 231 Å². The lowest BCUT2D eigenvalue weighted by Crippen LogP contribution is -2.55. The molecular formula is C101H125Cl4FN8O8. The van der Waals surface area contributed by atoms with E-state index in [-0.39, 0.29) is 82.4 Å². The van der Waals surface area contributed by atoms with Crippen molar-refractivity contribution in [1.82, 2.24) is 40.9 Å². The Labute approximate surface area is 744 Å². The highest BCUT2D eigenvalue weighted by molar-refractivity contribution is 6.32. The van der Waals surface area contributed by atoms with Gasteiger partial charge in [0.25, 0.3) is 23.6 Å². The van der Waals surface area contributed by atoms with E-state index in [2.05, 4.69) is 141 Å². The monoisotopic (exact) mass is 1740 g/mol. The molecule has 4 saturated carbocycles. The van der Waals surface area contributed by atoms with E-state index in [1.165, 1.54) is 28.3 Å². The van der Waals surface area contributed by atoms with Crippen LogP contribution in [0.3, 0.4) is 0 Å². The number of amides is 4. The molecule has 4 aliphatic rings. The minimum atomic E-state index is -0.998. The molecule has 0 aromatic heterocycles. The van der Waals surface area contributed by atoms with Gasteiger partial charge < -0.3 is 59.8 Å². The predicted octanol–water partition coefficient (Wildman–Crippen LogP) is 20.9. The van der Waals surface area contributed by atoms with Crippen molar-refractivity contribution < 1.29 is 42.5 Å². The topological polar surface area (TPSA) is 166 Å². The number of likely N-dealkylation sites (N-methyl/N-ethyl adjacent to an activating group) is 4. The lowest BCUT2D eigenvalue weighted by molar-refractivity contribution is -0.135. The number of aryl methyl sites for hydroxylation is 1. The number of ether oxygens (including phenoxy) is 4. The van der Waals surface area contributed by atoms with Gasteiger partial charge in [0, 0.05) is 61.4 Å². The molecule has 16 nitrogen and oxygen atoms in total. The van der Waals surface area contributed by atoms with Gasteiger partial charge in [0.15, 0.2) is 18.3 Å². The number of halogens is 5. The van der Waals surface area contributed by atoms with Crippen LogP contribution >= 0.6 is 46.4 Å². The first-order valence-electron chi connectivity index (χ1n) is 42.9. The Hall–Kier alpha value is -9.01. The average Bonchev–Trinajstić information content (AvgIpc) is 0.806. The van der Waals surface area contributed by atoms with Crippen LogP contribution in [0.2, 0.25) is 20.1 Å². The highest BCUT2D eigenvalue weighted by Gasteiger charge is 2.44. The molecule has 0 radical (unpaired) electrons. The van der Waals surface area contributed by atoms with E-state index in [0.29, 0.717) is 50.8 Å². The van der Waals surface area contributed by atoms with E-state index < -0.39 is 11.7 Å². The van der Waals surface area contributed by atoms with Crippen LogP contribution < -0.4 is 40.2 Å². The summed E-state index contributed by atoms with van der Waals surface area (Å²) < 4.78 is 37.4. The van der Waals surface area contributed by atoms with Gasteiger partial charge in [-0.15, -0.1) is 0 Å². The average molecular weight is 1740 g/mol. The van der Waals surface area contributed by atoms with Crippen LogP contribution in [0.4, 0.5) is 4.39 Å². The summed E-state index contributed by atoms with van der Waals surface area (Å²) in [5.74, 6) is 2.56. The molecule has 0 bridgehead atoms. The lowest BCUT2D eigenvalue weighted by atomic mass is 9.74. The molecule has 4 aliphatic carbocycles. The van der Waals surface area contributed by atoms with Crippen molar-refractivity contribution in [3.8, 4) is 28.7 Å². The van der Waals surface area contributed by atoms with E-state index >= 15 is 0 Å². The number of carbonyl (C=O) groups excluding carboxylic acids is 4. The molecule has 1 unspecified atom stereocenters. The molecule has 9 aromatic carbocycles. The van der Waals surface area contributed by atoms with Crippen molar-refractivity contribution in [2.24, 2.45) is 0 Å². The van der Waals surface area contributed by atoms with Crippen molar-refractivity contribution in [3.05, 3.63) is 290 Å². The Kier molecular flexibility index (Phi) is 35.2. The van der Waals surface area contributed by atoms with Crippen LogP contribution in [-0.2, 0) is 40.1 Å². The lowest BCUT2D eigenvalue weighted by Gasteiger charge is -2.46. The second-order valence-electron chi connectivity index (χ2n) is 34.8. The molecule has 4 fully saturated rings. The third-order valence-corrected chi connectivity index (χ3v) is 26.8. The fourth-order valence-electron chi connectivity index (χ4n) is 17.4. The zero-order valence-corrected chi connectivity index (χ0v) is 76.1. The van der Waals surface area contributed by atoms with Crippen molar-refractivity contribution in [1.29, 1.82) is 0 Å². The van der Waals surface area contributed by atoms with E-state index in [9.17, 15) is 23.6 Å². The zero-order valence-electron chi connectivity index (χ0n) is 73.1. The third kappa shape index (κ3) is 27.0. The zero-order chi connectivity index (χ0) is 87.6. The van der Waals surface area contributed by atoms with E-state index in [1.807, 2.05) is 146 Å². The quantitative estimate of drug-likeness (QED) is 0.0367. The summed E-state index contributed by atoms with van der Waals surface area (Å²) >= 11 is 25.0. The predicted molar refractivity (Wildman–Crippen MR) is 494 cm³/mol. The Morgan fingerprint density at radius 3 is 1.29 bits per heavy atom. The Balaban J connectivity index is 0.000000171. The largest absolute Gasteiger partial charge is 0.484 e. The second kappa shape index (κ2) is 45.1. The van der Waals surface area contributed by atoms with Crippen LogP contribution in [0.1, 0.15) is 162 Å². The Morgan fingerprint density at radius 2 is 0.811 bits per heavy atom. The first kappa shape index (κ1) is 95.2. The van der Waals surface area contributed by atoms with Crippen molar-refractivity contribution >= 4 is 70.0 Å². The molecule has 13 rings (SSSR count). The molecule has 4 amide bonds. The summed E-state index contributed by atoms with van der Waals surface area (Å²) in [6, 6.07) is 73.1. The highest BCUT2D eigenvalue weighted by Crippen LogP contribution is 2.42. The van der Waals surface area contributed by atoms with Crippen molar-refractivity contribution in [2.75, 3.05) is 63.0 Å². The first-order valence-corrected chi connectivity index (χ1v) is 44.4. The summed E-state index contributed by atoms with van der Waals surface area (Å²) in [4.78, 5) is 60.2. The maximum atomic E-state index is 14.2. The number of hydrogen-bond acceptors (Lipinski definition) is 12. The second-order valence-corrected chi connectivity index (χ2v) is 36.4. The molecule has 9 aromatic rings. The normalized spacial score (nSPS) is 21.6. The smallest absolute Gasteiger partial charge is 0.263 e. The fraction of sp³-hybridized carbons (Fsp3) is 0.426. The maximum Gasteiger partial charge on any atom is 0.263 e. The molecule has 652 valence electrons. The SMILES string of the molecule is CC(Oc1ccccc1)C(=O)NC1CCC(Cc2ccccc2Cl)(N(C)C)CC1.CN(C)C1(Cc2ccccc2Cl)CCC(NC(=O)c2ccccc2Oc2ccccc2)CC1.CN(C)C1(Cc2ccccc2F)CCC(NC(=O)COc2cccc(Cl)c2)CC1.Cc1ccccc1CC1(N(C)C)CCC(NC(=O)C(C)(C)Oc2ccccc2Cl)CC1. The summed E-state index contributed by atoms with van der Waals surface area (Å²) in [6.45, 7) is 7.52. The Morgan fingerprint density at radius 1 is 0.426 bits per heavy atom. The van der Waals surface area contributed by atoms with Gasteiger partial charge in [-0.25, -0.2) is 4.39 Å². The van der Waals surface area contributed by atoms with Gasteiger partial charge in [-0.3, -0.25) is 19.2 Å². The fourth-order valence-corrected chi connectivity index (χ4v) is 18.1. The van der Waals surface area contributed by atoms with Gasteiger partial charge in [0.1, 0.15) is 34.6 Å². The summed E-state index contributed by atoms with van der Waals surface area (Å²) in [5, 5.41) is 15.5. The standard InChI is InChI=1S/C28H31ClN2O2.C26H35ClN2O2.C24H31ClN2O2.C23H28ClFN2O2/c1-31(2)28(20-21-10-6-8-14-25(21)29)18-16-22(17-19-28)30-27(32)24-13-7-9-15-26(24)33-23-11-4-3-5-12-23;1-19-10-6-7-11-20(19)18-26(29(4)5)16-14-21(15-17-26)28-24(30)25(2,3)31-23-13-9-8-12-22(23)27;1-18(29-21-10-5-4-6-11-21)23(28)26-20-13-15-24(16-14-20,27(2)3)17-19-9-7-8-12-22(19)25;1-27(2)23(15-17-6-3-4-9-21(17)25)12-10-19(11-13-23)26-22(28)16-29-20-8-5-7-18(24)14-20/h3-15,22H,16-20H2,1-2H3,(H,30,32);6-13,21H,14-18H2,1-5H3,(H,28,30);4-12,18,20H,13-17H2,1-3H3,(H,26,28);3-9,14,19H,10-13,15-16H2,1-2H3,(H,26,28). The minimum Gasteiger partial charge on any atom is -0.484 e. The van der Waals surface area contributed by atoms with E-state index in [4.69, 9.17) is 65.4 Å². The summed E-state index contributed by atoms with van der Waals surface area (Å²) in [7, 11) is 17.0. The van der Waals surface area contributed by atoms with E-state index in [1.54, 1.807) is 63.2 Å². The van der Waals surface area contributed by atoms with Crippen molar-refractivity contribution in [3.63, 3.8) is 0 Å². The van der Waals surface area contributed by atoms with Gasteiger partial charge in [0.2, 0.25) is 0 Å². The molecule has 0 heterocycles. The first-order chi connectivity index (χ1) is 58.4. The van der Waals surface area contributed by atoms with Crippen LogP contribution in [-0.4, -0.2) is 164 Å². The van der Waals surface area contributed by atoms with Gasteiger partial charge in [-0.1, -0.05) is 192 Å². The van der Waals surface area contributed by atoms with Crippen molar-refractivity contribution in [2.45, 2.75) is 214 Å². The minimum absolute atomic E-state index is 0.0368. The van der Waals surface area contributed by atoms with Gasteiger partial charge >= 0.3 is 0 Å². The molecule has 122 heavy (non-hydrogen) atoms. The number of benzene rings is 9. The van der Waals surface area contributed by atoms with E-state index in [0.717, 1.165) is 138 Å². The number of para-hydroxylation sites is 4. The van der Waals surface area contributed by atoms with Crippen LogP contribution in [0, 0.1) is 12.7 Å². The summed E-state index contributed by atoms with van der Waals surface area (Å²) in [6.07, 6.45) is 18.3. The highest BCUT2D eigenvalue weighted by atomic mass is 35.5. The summed E-state index contributed by atoms with van der Waals surface area (Å²) in [5.41, 5.74) is 5.57. The molecular weight excluding hydrogens is 1610 g/mol. The Bertz CT molecular complexity index is 4810. The number of rotatable bonds is 28. The molecule has 0 spiro atoms. The molecule has 1 atom stereocenters. The number of carbonyl (C=O) groups is 4. The molecule has 0 aliphatic heterocycles. The van der Waals surface area contributed by atoms with Gasteiger partial charge in [0.05, 0.1) is 10.6 Å². The van der Waals surface area contributed by atoms with Gasteiger partial charge in [-0.2, -0.15) is 0 Å². The number of nitrogens with zero attached hydrogens (tertiary/aromatic N) is 4. The molecule has 0 saturated heterocycles.